The molecular formula is C18H24N2O4S. The van der Waals surface area contributed by atoms with E-state index in [9.17, 15) is 18.6 Å². The summed E-state index contributed by atoms with van der Waals surface area (Å²) < 4.78 is 25.9. The molecule has 0 saturated carbocycles. The van der Waals surface area contributed by atoms with Crippen molar-refractivity contribution < 1.29 is 18.6 Å². The molecule has 6 nitrogen and oxygen atoms in total. The Bertz CT molecular complexity index is 796. The molecule has 0 bridgehead atoms. The highest BCUT2D eigenvalue weighted by molar-refractivity contribution is 7.91. The van der Waals surface area contributed by atoms with Crippen molar-refractivity contribution in [2.24, 2.45) is 0 Å². The monoisotopic (exact) mass is 364 g/mol. The molecule has 136 valence electrons. The number of hydrogen-bond acceptors (Lipinski definition) is 6. The van der Waals surface area contributed by atoms with E-state index in [1.165, 1.54) is 36.4 Å². The quantitative estimate of drug-likeness (QED) is 0.817. The minimum atomic E-state index is -3.75. The highest BCUT2D eigenvalue weighted by Crippen LogP contribution is 2.29. The number of nitrogens with zero attached hydrogens (tertiary/aromatic N) is 2. The summed E-state index contributed by atoms with van der Waals surface area (Å²) in [6.45, 7) is 0.854. The van der Waals surface area contributed by atoms with E-state index in [0.29, 0.717) is 24.2 Å². The zero-order chi connectivity index (χ0) is 18.8. The van der Waals surface area contributed by atoms with Crippen molar-refractivity contribution in [1.29, 1.82) is 0 Å². The Balaban J connectivity index is 2.48. The Labute approximate surface area is 148 Å². The standard InChI is InChI=1S/C18H24N2O4S/c1-19(2)11-13-9-15(5-7-17(13)21)25(23,24)16-6-8-18(22)14(10-16)12-20(3)4/h5-10,21-22H,11-12H2,1-4H3. The Morgan fingerprint density at radius 3 is 1.44 bits per heavy atom. The molecule has 2 aromatic rings. The van der Waals surface area contributed by atoms with Crippen molar-refractivity contribution in [3.63, 3.8) is 0 Å². The molecule has 2 aromatic carbocycles. The van der Waals surface area contributed by atoms with E-state index >= 15 is 0 Å². The maximum Gasteiger partial charge on any atom is 0.206 e. The van der Waals surface area contributed by atoms with E-state index in [2.05, 4.69) is 0 Å². The molecular weight excluding hydrogens is 340 g/mol. The van der Waals surface area contributed by atoms with Gasteiger partial charge in [0.2, 0.25) is 9.84 Å². The van der Waals surface area contributed by atoms with Gasteiger partial charge in [0.05, 0.1) is 9.79 Å². The summed E-state index contributed by atoms with van der Waals surface area (Å²) in [5.74, 6) is 0.123. The number of aromatic hydroxyl groups is 2. The first-order chi connectivity index (χ1) is 11.6. The lowest BCUT2D eigenvalue weighted by molar-refractivity contribution is 0.385. The fraction of sp³-hybridized carbons (Fsp3) is 0.333. The van der Waals surface area contributed by atoms with Gasteiger partial charge in [-0.05, 0) is 64.6 Å². The third-order valence-electron chi connectivity index (χ3n) is 3.70. The van der Waals surface area contributed by atoms with Gasteiger partial charge in [-0.25, -0.2) is 8.42 Å². The zero-order valence-electron chi connectivity index (χ0n) is 14.9. The molecule has 25 heavy (non-hydrogen) atoms. The molecule has 0 radical (unpaired) electrons. The van der Waals surface area contributed by atoms with E-state index in [1.807, 2.05) is 38.0 Å². The van der Waals surface area contributed by atoms with Crippen LogP contribution in [0.1, 0.15) is 11.1 Å². The lowest BCUT2D eigenvalue weighted by Crippen LogP contribution is -2.12. The maximum atomic E-state index is 12.9. The second-order valence-electron chi connectivity index (χ2n) is 6.56. The molecule has 0 amide bonds. The second kappa shape index (κ2) is 7.43. The number of benzene rings is 2. The number of hydrogen-bond donors (Lipinski definition) is 2. The number of rotatable bonds is 6. The van der Waals surface area contributed by atoms with E-state index in [-0.39, 0.29) is 21.3 Å². The van der Waals surface area contributed by atoms with Gasteiger partial charge >= 0.3 is 0 Å². The number of phenolic OH excluding ortho intramolecular Hbond substituents is 2. The van der Waals surface area contributed by atoms with Crippen molar-refractivity contribution in [2.45, 2.75) is 22.9 Å². The highest BCUT2D eigenvalue weighted by atomic mass is 32.2. The van der Waals surface area contributed by atoms with Gasteiger partial charge in [0.1, 0.15) is 11.5 Å². The van der Waals surface area contributed by atoms with Crippen LogP contribution in [0.2, 0.25) is 0 Å². The molecule has 0 aromatic heterocycles. The molecule has 2 rings (SSSR count). The zero-order valence-corrected chi connectivity index (χ0v) is 15.7. The van der Waals surface area contributed by atoms with Gasteiger partial charge in [-0.3, -0.25) is 0 Å². The van der Waals surface area contributed by atoms with Crippen LogP contribution in [0, 0.1) is 0 Å². The lowest BCUT2D eigenvalue weighted by Gasteiger charge is -2.15. The first kappa shape index (κ1) is 19.2. The molecule has 0 unspecified atom stereocenters. The van der Waals surface area contributed by atoms with Crippen molar-refractivity contribution >= 4 is 9.84 Å². The van der Waals surface area contributed by atoms with Crippen LogP contribution in [-0.2, 0) is 22.9 Å². The average Bonchev–Trinajstić information content (AvgIpc) is 2.50. The van der Waals surface area contributed by atoms with Crippen molar-refractivity contribution in [1.82, 2.24) is 9.80 Å². The van der Waals surface area contributed by atoms with E-state index in [4.69, 9.17) is 0 Å². The fourth-order valence-electron chi connectivity index (χ4n) is 2.53. The molecule has 0 heterocycles. The highest BCUT2D eigenvalue weighted by Gasteiger charge is 2.21. The normalized spacial score (nSPS) is 12.1. The van der Waals surface area contributed by atoms with Gasteiger partial charge in [-0.2, -0.15) is 0 Å². The van der Waals surface area contributed by atoms with Crippen LogP contribution in [0.4, 0.5) is 0 Å². The third-order valence-corrected chi connectivity index (χ3v) is 5.44. The van der Waals surface area contributed by atoms with Crippen LogP contribution >= 0.6 is 0 Å². The smallest absolute Gasteiger partial charge is 0.206 e. The Kier molecular flexibility index (Phi) is 5.72. The SMILES string of the molecule is CN(C)Cc1cc(S(=O)(=O)c2ccc(O)c(CN(C)C)c2)ccc1O. The second-order valence-corrected chi connectivity index (χ2v) is 8.51. The maximum absolute atomic E-state index is 12.9. The fourth-order valence-corrected chi connectivity index (χ4v) is 3.89. The molecule has 2 N–H and O–H groups in total. The van der Waals surface area contributed by atoms with Crippen molar-refractivity contribution in [3.05, 3.63) is 47.5 Å². The Hall–Kier alpha value is -2.09. The summed E-state index contributed by atoms with van der Waals surface area (Å²) in [5.41, 5.74) is 1.08. The molecule has 0 atom stereocenters. The van der Waals surface area contributed by atoms with Gasteiger partial charge in [0.15, 0.2) is 0 Å². The predicted octanol–water partition coefficient (Wildman–Crippen LogP) is 2.05. The Morgan fingerprint density at radius 2 is 1.12 bits per heavy atom. The average molecular weight is 364 g/mol. The first-order valence-electron chi connectivity index (χ1n) is 7.79. The third kappa shape index (κ3) is 4.50. The van der Waals surface area contributed by atoms with Crippen LogP contribution in [-0.4, -0.2) is 56.6 Å². The number of phenols is 2. The van der Waals surface area contributed by atoms with E-state index in [1.54, 1.807) is 0 Å². The van der Waals surface area contributed by atoms with Gasteiger partial charge < -0.3 is 20.0 Å². The van der Waals surface area contributed by atoms with Gasteiger partial charge in [-0.1, -0.05) is 0 Å². The van der Waals surface area contributed by atoms with Gasteiger partial charge in [-0.15, -0.1) is 0 Å². The van der Waals surface area contributed by atoms with Gasteiger partial charge in [0, 0.05) is 24.2 Å². The number of sulfone groups is 1. The minimum Gasteiger partial charge on any atom is -0.508 e. The minimum absolute atomic E-state index is 0.0617. The molecule has 0 aliphatic rings. The lowest BCUT2D eigenvalue weighted by atomic mass is 10.2. The van der Waals surface area contributed by atoms with Gasteiger partial charge in [0.25, 0.3) is 0 Å². The van der Waals surface area contributed by atoms with Crippen molar-refractivity contribution in [2.75, 3.05) is 28.2 Å². The predicted molar refractivity (Wildman–Crippen MR) is 96.4 cm³/mol. The van der Waals surface area contributed by atoms with Crippen LogP contribution in [0.15, 0.2) is 46.2 Å². The molecule has 0 saturated heterocycles. The van der Waals surface area contributed by atoms with Crippen molar-refractivity contribution in [3.8, 4) is 11.5 Å². The largest absolute Gasteiger partial charge is 0.508 e. The van der Waals surface area contributed by atoms with Crippen LogP contribution in [0.3, 0.4) is 0 Å². The summed E-state index contributed by atoms with van der Waals surface area (Å²) in [6.07, 6.45) is 0. The summed E-state index contributed by atoms with van der Waals surface area (Å²) in [4.78, 5) is 3.93. The van der Waals surface area contributed by atoms with E-state index < -0.39 is 9.84 Å². The van der Waals surface area contributed by atoms with Crippen LogP contribution in [0.5, 0.6) is 11.5 Å². The summed E-state index contributed by atoms with van der Waals surface area (Å²) in [5, 5.41) is 19.9. The molecule has 0 aliphatic heterocycles. The molecule has 0 fully saturated rings. The summed E-state index contributed by atoms with van der Waals surface area (Å²) >= 11 is 0. The van der Waals surface area contributed by atoms with Crippen LogP contribution < -0.4 is 0 Å². The summed E-state index contributed by atoms with van der Waals surface area (Å²) in [6, 6.07) is 8.55. The molecule has 0 aliphatic carbocycles. The van der Waals surface area contributed by atoms with Crippen LogP contribution in [0.25, 0.3) is 0 Å². The Morgan fingerprint density at radius 1 is 0.760 bits per heavy atom. The topological polar surface area (TPSA) is 81.1 Å². The molecule has 7 heteroatoms. The molecule has 0 spiro atoms. The first-order valence-corrected chi connectivity index (χ1v) is 9.28. The van der Waals surface area contributed by atoms with E-state index in [0.717, 1.165) is 0 Å². The summed E-state index contributed by atoms with van der Waals surface area (Å²) in [7, 11) is 3.62.